The maximum atomic E-state index is 6.52. The Morgan fingerprint density at radius 1 is 0.621 bits per heavy atom. The van der Waals surface area contributed by atoms with Gasteiger partial charge in [0.25, 0.3) is 0 Å². The highest BCUT2D eigenvalue weighted by atomic mass is 14.6. The van der Waals surface area contributed by atoms with E-state index >= 15 is 0 Å². The summed E-state index contributed by atoms with van der Waals surface area (Å²) in [5.41, 5.74) is 23.2. The number of hydrogen-bond acceptors (Lipinski definition) is 2. The summed E-state index contributed by atoms with van der Waals surface area (Å²) in [7, 11) is 0. The predicted octanol–water partition coefficient (Wildman–Crippen LogP) is 7.15. The largest absolute Gasteiger partial charge is 0.398 e. The van der Waals surface area contributed by atoms with E-state index in [1.165, 1.54) is 97.6 Å². The summed E-state index contributed by atoms with van der Waals surface area (Å²) in [6.45, 7) is 4.35. The molecule has 0 atom stereocenters. The van der Waals surface area contributed by atoms with Crippen LogP contribution in [-0.4, -0.2) is 0 Å². The van der Waals surface area contributed by atoms with Crippen molar-refractivity contribution in [2.24, 2.45) is 0 Å². The Hall–Kier alpha value is -1.96. The average Bonchev–Trinajstić information content (AvgIpc) is 2.74. The standard InChI is InChI=1S/C27H38N2/c1-18-13-20(16-24(26(18)28)22-9-5-3-6-10-22)15-21-14-19(2)27(29)25(17-21)23-11-7-4-8-12-23/h13-14,16-17,22-23H,3-12,15,28-29H2,1-2H3. The van der Waals surface area contributed by atoms with Crippen LogP contribution in [0.5, 0.6) is 0 Å². The minimum atomic E-state index is 0.647. The molecule has 29 heavy (non-hydrogen) atoms. The van der Waals surface area contributed by atoms with Crippen LogP contribution in [0.4, 0.5) is 11.4 Å². The van der Waals surface area contributed by atoms with Gasteiger partial charge in [-0.2, -0.15) is 0 Å². The van der Waals surface area contributed by atoms with Gasteiger partial charge in [0.05, 0.1) is 0 Å². The molecule has 0 bridgehead atoms. The van der Waals surface area contributed by atoms with E-state index in [1.807, 2.05) is 0 Å². The molecule has 0 spiro atoms. The average molecular weight is 391 g/mol. The Kier molecular flexibility index (Phi) is 6.18. The summed E-state index contributed by atoms with van der Waals surface area (Å²) in [6.07, 6.45) is 14.3. The van der Waals surface area contributed by atoms with Crippen LogP contribution in [0.3, 0.4) is 0 Å². The molecule has 2 nitrogen and oxygen atoms in total. The van der Waals surface area contributed by atoms with Crippen LogP contribution < -0.4 is 11.5 Å². The maximum Gasteiger partial charge on any atom is 0.0379 e. The molecule has 0 unspecified atom stereocenters. The molecule has 2 aromatic carbocycles. The summed E-state index contributed by atoms with van der Waals surface area (Å²) >= 11 is 0. The molecule has 0 aromatic heterocycles. The normalized spacial score (nSPS) is 18.8. The number of benzene rings is 2. The van der Waals surface area contributed by atoms with Crippen LogP contribution in [0.1, 0.15) is 109 Å². The molecular weight excluding hydrogens is 352 g/mol. The van der Waals surface area contributed by atoms with Gasteiger partial charge in [0.1, 0.15) is 0 Å². The first-order chi connectivity index (χ1) is 14.0. The SMILES string of the molecule is Cc1cc(Cc2cc(C)c(N)c(C3CCCCC3)c2)cc(C2CCCCC2)c1N. The van der Waals surface area contributed by atoms with Crippen LogP contribution >= 0.6 is 0 Å². The van der Waals surface area contributed by atoms with Crippen molar-refractivity contribution in [1.29, 1.82) is 0 Å². The summed E-state index contributed by atoms with van der Waals surface area (Å²) in [5.74, 6) is 1.29. The second kappa shape index (κ2) is 8.81. The van der Waals surface area contributed by atoms with E-state index in [-0.39, 0.29) is 0 Å². The molecule has 2 aromatic rings. The zero-order valence-electron chi connectivity index (χ0n) is 18.4. The van der Waals surface area contributed by atoms with Crippen LogP contribution in [0.25, 0.3) is 0 Å². The van der Waals surface area contributed by atoms with Crippen LogP contribution in [0.2, 0.25) is 0 Å². The van der Waals surface area contributed by atoms with Gasteiger partial charge in [-0.1, -0.05) is 62.8 Å². The molecule has 2 saturated carbocycles. The fourth-order valence-electron chi connectivity index (χ4n) is 5.75. The Morgan fingerprint density at radius 3 is 1.38 bits per heavy atom. The van der Waals surface area contributed by atoms with Crippen molar-refractivity contribution < 1.29 is 0 Å². The molecule has 2 heteroatoms. The fraction of sp³-hybridized carbons (Fsp3) is 0.556. The lowest BCUT2D eigenvalue weighted by atomic mass is 9.80. The van der Waals surface area contributed by atoms with Crippen molar-refractivity contribution >= 4 is 11.4 Å². The van der Waals surface area contributed by atoms with Crippen molar-refractivity contribution in [1.82, 2.24) is 0 Å². The molecule has 0 aliphatic heterocycles. The third-order valence-electron chi connectivity index (χ3n) is 7.46. The van der Waals surface area contributed by atoms with Crippen molar-refractivity contribution in [3.8, 4) is 0 Å². The van der Waals surface area contributed by atoms with E-state index in [9.17, 15) is 0 Å². The molecule has 156 valence electrons. The molecule has 0 radical (unpaired) electrons. The van der Waals surface area contributed by atoms with E-state index in [2.05, 4.69) is 38.1 Å². The topological polar surface area (TPSA) is 52.0 Å². The lowest BCUT2D eigenvalue weighted by Gasteiger charge is -2.26. The third-order valence-corrected chi connectivity index (χ3v) is 7.46. The third kappa shape index (κ3) is 4.47. The molecule has 2 aliphatic rings. The Balaban J connectivity index is 1.63. The van der Waals surface area contributed by atoms with Gasteiger partial charge in [-0.05, 0) is 91.2 Å². The molecule has 4 N–H and O–H groups in total. The second-order valence-electron chi connectivity index (χ2n) is 9.68. The zero-order valence-corrected chi connectivity index (χ0v) is 18.4. The molecule has 2 fully saturated rings. The maximum absolute atomic E-state index is 6.52. The molecular formula is C27H38N2. The Bertz CT molecular complexity index is 784. The van der Waals surface area contributed by atoms with E-state index in [0.717, 1.165) is 17.8 Å². The van der Waals surface area contributed by atoms with Gasteiger partial charge < -0.3 is 11.5 Å². The first kappa shape index (κ1) is 20.3. The lowest BCUT2D eigenvalue weighted by Crippen LogP contribution is -2.10. The summed E-state index contributed by atoms with van der Waals surface area (Å²) in [5, 5.41) is 0. The van der Waals surface area contributed by atoms with E-state index in [4.69, 9.17) is 11.5 Å². The smallest absolute Gasteiger partial charge is 0.0379 e. The number of anilines is 2. The van der Waals surface area contributed by atoms with Gasteiger partial charge in [0, 0.05) is 11.4 Å². The number of rotatable bonds is 4. The Morgan fingerprint density at radius 2 is 1.00 bits per heavy atom. The first-order valence-electron chi connectivity index (χ1n) is 11.8. The van der Waals surface area contributed by atoms with Gasteiger partial charge in [0.15, 0.2) is 0 Å². The Labute approximate surface area is 177 Å². The summed E-state index contributed by atoms with van der Waals surface area (Å²) in [6, 6.07) is 9.41. The molecule has 4 rings (SSSR count). The van der Waals surface area contributed by atoms with E-state index in [0.29, 0.717) is 11.8 Å². The fourth-order valence-corrected chi connectivity index (χ4v) is 5.75. The summed E-state index contributed by atoms with van der Waals surface area (Å²) < 4.78 is 0. The second-order valence-corrected chi connectivity index (χ2v) is 9.68. The van der Waals surface area contributed by atoms with Crippen LogP contribution in [0, 0.1) is 13.8 Å². The first-order valence-corrected chi connectivity index (χ1v) is 11.8. The van der Waals surface area contributed by atoms with Gasteiger partial charge >= 0.3 is 0 Å². The van der Waals surface area contributed by atoms with Gasteiger partial charge in [-0.25, -0.2) is 0 Å². The van der Waals surface area contributed by atoms with Crippen molar-refractivity contribution in [3.63, 3.8) is 0 Å². The monoisotopic (exact) mass is 390 g/mol. The van der Waals surface area contributed by atoms with Crippen molar-refractivity contribution in [3.05, 3.63) is 57.6 Å². The van der Waals surface area contributed by atoms with E-state index in [1.54, 1.807) is 0 Å². The predicted molar refractivity (Wildman–Crippen MR) is 126 cm³/mol. The number of nitrogen functional groups attached to an aromatic ring is 2. The van der Waals surface area contributed by atoms with E-state index < -0.39 is 0 Å². The molecule has 0 amide bonds. The highest BCUT2D eigenvalue weighted by Gasteiger charge is 2.21. The number of hydrogen-bond donors (Lipinski definition) is 2. The molecule has 0 saturated heterocycles. The zero-order chi connectivity index (χ0) is 20.4. The lowest BCUT2D eigenvalue weighted by molar-refractivity contribution is 0.444. The number of nitrogens with two attached hydrogens (primary N) is 2. The highest BCUT2D eigenvalue weighted by molar-refractivity contribution is 5.59. The van der Waals surface area contributed by atoms with Gasteiger partial charge in [-0.15, -0.1) is 0 Å². The van der Waals surface area contributed by atoms with Gasteiger partial charge in [-0.3, -0.25) is 0 Å². The minimum absolute atomic E-state index is 0.647. The highest BCUT2D eigenvalue weighted by Crippen LogP contribution is 2.39. The van der Waals surface area contributed by atoms with Crippen molar-refractivity contribution in [2.75, 3.05) is 11.5 Å². The van der Waals surface area contributed by atoms with Crippen LogP contribution in [0.15, 0.2) is 24.3 Å². The van der Waals surface area contributed by atoms with Crippen LogP contribution in [-0.2, 0) is 6.42 Å². The minimum Gasteiger partial charge on any atom is -0.398 e. The molecule has 0 heterocycles. The molecule has 2 aliphatic carbocycles. The summed E-state index contributed by atoms with van der Waals surface area (Å²) in [4.78, 5) is 0. The van der Waals surface area contributed by atoms with Gasteiger partial charge in [0.2, 0.25) is 0 Å². The number of aryl methyl sites for hydroxylation is 2. The quantitative estimate of drug-likeness (QED) is 0.544. The van der Waals surface area contributed by atoms with Crippen molar-refractivity contribution in [2.45, 2.75) is 96.3 Å².